The molecule has 0 spiro atoms. The third-order valence-corrected chi connectivity index (χ3v) is 5.63. The van der Waals surface area contributed by atoms with E-state index in [0.29, 0.717) is 18.5 Å². The number of hydrogen-bond acceptors (Lipinski definition) is 3. The number of urea groups is 1. The van der Waals surface area contributed by atoms with Crippen molar-refractivity contribution in [3.05, 3.63) is 30.1 Å². The minimum atomic E-state index is -0.205. The van der Waals surface area contributed by atoms with Gasteiger partial charge in [0.1, 0.15) is 5.82 Å². The fourth-order valence-corrected chi connectivity index (χ4v) is 4.31. The highest BCUT2D eigenvalue weighted by molar-refractivity contribution is 7.99. The quantitative estimate of drug-likeness (QED) is 0.888. The van der Waals surface area contributed by atoms with Crippen LogP contribution in [0.5, 0.6) is 0 Å². The fraction of sp³-hybridized carbons (Fsp3) is 0.588. The molecule has 1 atom stereocenters. The van der Waals surface area contributed by atoms with Crippen LogP contribution in [-0.2, 0) is 0 Å². The molecule has 126 valence electrons. The lowest BCUT2D eigenvalue weighted by Gasteiger charge is -2.23. The molecule has 2 saturated heterocycles. The fourth-order valence-electron chi connectivity index (χ4n) is 3.20. The summed E-state index contributed by atoms with van der Waals surface area (Å²) in [4.78, 5) is 14.2. The van der Waals surface area contributed by atoms with Gasteiger partial charge in [-0.3, -0.25) is 0 Å². The second-order valence-corrected chi connectivity index (χ2v) is 7.54. The highest BCUT2D eigenvalue weighted by Crippen LogP contribution is 2.23. The molecule has 0 bridgehead atoms. The van der Waals surface area contributed by atoms with Crippen LogP contribution < -0.4 is 15.5 Å². The molecule has 0 saturated carbocycles. The maximum Gasteiger partial charge on any atom is 0.315 e. The lowest BCUT2D eigenvalue weighted by Crippen LogP contribution is -2.45. The summed E-state index contributed by atoms with van der Waals surface area (Å²) in [6, 6.07) is 6.92. The van der Waals surface area contributed by atoms with Gasteiger partial charge >= 0.3 is 6.03 Å². The van der Waals surface area contributed by atoms with Gasteiger partial charge in [0.2, 0.25) is 0 Å². The van der Waals surface area contributed by atoms with E-state index in [1.807, 2.05) is 23.9 Å². The normalized spacial score (nSPS) is 22.1. The summed E-state index contributed by atoms with van der Waals surface area (Å²) in [7, 11) is 0. The largest absolute Gasteiger partial charge is 0.371 e. The van der Waals surface area contributed by atoms with Crippen molar-refractivity contribution in [2.75, 3.05) is 36.0 Å². The van der Waals surface area contributed by atoms with Crippen molar-refractivity contribution in [2.45, 2.75) is 25.3 Å². The van der Waals surface area contributed by atoms with Gasteiger partial charge in [-0.15, -0.1) is 0 Å². The highest BCUT2D eigenvalue weighted by Gasteiger charge is 2.23. The first-order chi connectivity index (χ1) is 11.2. The summed E-state index contributed by atoms with van der Waals surface area (Å²) in [5.74, 6) is 2.53. The van der Waals surface area contributed by atoms with Gasteiger partial charge in [0.15, 0.2) is 0 Å². The number of amides is 2. The van der Waals surface area contributed by atoms with E-state index in [9.17, 15) is 9.18 Å². The monoisotopic (exact) mass is 337 g/mol. The Kier molecular flexibility index (Phi) is 5.65. The Morgan fingerprint density at radius 1 is 1.22 bits per heavy atom. The van der Waals surface area contributed by atoms with Crippen molar-refractivity contribution in [3.63, 3.8) is 0 Å². The zero-order chi connectivity index (χ0) is 16.1. The standard InChI is InChI=1S/C17H24FN3OS/c18-14-1-3-16(4-2-14)21-8-5-13(12-21)11-19-17(22)20-15-6-9-23-10-7-15/h1-4,13,15H,5-12H2,(H2,19,20,22). The molecular formula is C17H24FN3OS. The first-order valence-electron chi connectivity index (χ1n) is 8.33. The summed E-state index contributed by atoms with van der Waals surface area (Å²) < 4.78 is 13.0. The van der Waals surface area contributed by atoms with Gasteiger partial charge in [-0.1, -0.05) is 0 Å². The van der Waals surface area contributed by atoms with E-state index >= 15 is 0 Å². The van der Waals surface area contributed by atoms with E-state index in [1.165, 1.54) is 12.1 Å². The third kappa shape index (κ3) is 4.77. The van der Waals surface area contributed by atoms with Crippen LogP contribution in [-0.4, -0.2) is 43.2 Å². The topological polar surface area (TPSA) is 44.4 Å². The number of hydrogen-bond donors (Lipinski definition) is 2. The second-order valence-electron chi connectivity index (χ2n) is 6.32. The smallest absolute Gasteiger partial charge is 0.315 e. The average Bonchev–Trinajstić information content (AvgIpc) is 3.04. The lowest BCUT2D eigenvalue weighted by molar-refractivity contribution is 0.234. The summed E-state index contributed by atoms with van der Waals surface area (Å²) in [6.07, 6.45) is 3.19. The molecule has 2 heterocycles. The van der Waals surface area contributed by atoms with Gasteiger partial charge in [-0.2, -0.15) is 11.8 Å². The van der Waals surface area contributed by atoms with Gasteiger partial charge in [-0.05, 0) is 61.0 Å². The van der Waals surface area contributed by atoms with Crippen LogP contribution in [0.25, 0.3) is 0 Å². The van der Waals surface area contributed by atoms with Crippen molar-refractivity contribution >= 4 is 23.5 Å². The van der Waals surface area contributed by atoms with Gasteiger partial charge in [0.25, 0.3) is 0 Å². The maximum absolute atomic E-state index is 13.0. The molecule has 0 aliphatic carbocycles. The average molecular weight is 337 g/mol. The van der Waals surface area contributed by atoms with Crippen molar-refractivity contribution in [2.24, 2.45) is 5.92 Å². The maximum atomic E-state index is 13.0. The van der Waals surface area contributed by atoms with E-state index < -0.39 is 0 Å². The molecule has 2 fully saturated rings. The van der Waals surface area contributed by atoms with E-state index in [2.05, 4.69) is 15.5 Å². The summed E-state index contributed by atoms with van der Waals surface area (Å²) >= 11 is 1.96. The Morgan fingerprint density at radius 3 is 2.70 bits per heavy atom. The molecule has 4 nitrogen and oxygen atoms in total. The SMILES string of the molecule is O=C(NCC1CCN(c2ccc(F)cc2)C1)NC1CCSCC1. The molecule has 2 N–H and O–H groups in total. The molecule has 1 aromatic rings. The molecule has 2 aliphatic rings. The van der Waals surface area contributed by atoms with E-state index in [4.69, 9.17) is 0 Å². The first-order valence-corrected chi connectivity index (χ1v) is 9.49. The molecule has 1 unspecified atom stereocenters. The van der Waals surface area contributed by atoms with Gasteiger partial charge in [0.05, 0.1) is 0 Å². The number of halogens is 1. The third-order valence-electron chi connectivity index (χ3n) is 4.59. The van der Waals surface area contributed by atoms with Crippen molar-refractivity contribution in [3.8, 4) is 0 Å². The van der Waals surface area contributed by atoms with Crippen LogP contribution in [0, 0.1) is 11.7 Å². The number of nitrogens with zero attached hydrogens (tertiary/aromatic N) is 1. The van der Waals surface area contributed by atoms with E-state index in [1.54, 1.807) is 0 Å². The highest BCUT2D eigenvalue weighted by atomic mass is 32.2. The zero-order valence-corrected chi connectivity index (χ0v) is 14.1. The lowest BCUT2D eigenvalue weighted by atomic mass is 10.1. The molecule has 3 rings (SSSR count). The van der Waals surface area contributed by atoms with Crippen LogP contribution >= 0.6 is 11.8 Å². The predicted molar refractivity (Wildman–Crippen MR) is 93.6 cm³/mol. The molecule has 1 aromatic carbocycles. The van der Waals surface area contributed by atoms with Crippen molar-refractivity contribution in [1.82, 2.24) is 10.6 Å². The number of rotatable bonds is 4. The molecule has 2 aliphatic heterocycles. The van der Waals surface area contributed by atoms with E-state index in [0.717, 1.165) is 49.5 Å². The molecule has 0 radical (unpaired) electrons. The minimum Gasteiger partial charge on any atom is -0.371 e. The van der Waals surface area contributed by atoms with Crippen molar-refractivity contribution in [1.29, 1.82) is 0 Å². The molecule has 23 heavy (non-hydrogen) atoms. The first kappa shape index (κ1) is 16.4. The summed E-state index contributed by atoms with van der Waals surface area (Å²) in [5, 5.41) is 6.08. The van der Waals surface area contributed by atoms with Crippen LogP contribution in [0.1, 0.15) is 19.3 Å². The molecule has 6 heteroatoms. The summed E-state index contributed by atoms with van der Waals surface area (Å²) in [6.45, 7) is 2.57. The Balaban J connectivity index is 1.39. The van der Waals surface area contributed by atoms with Crippen LogP contribution in [0.15, 0.2) is 24.3 Å². The van der Waals surface area contributed by atoms with Crippen molar-refractivity contribution < 1.29 is 9.18 Å². The molecule has 0 aromatic heterocycles. The Morgan fingerprint density at radius 2 is 1.96 bits per heavy atom. The Labute approximate surface area is 141 Å². The number of anilines is 1. The zero-order valence-electron chi connectivity index (χ0n) is 13.3. The Hall–Kier alpha value is -1.43. The Bertz CT molecular complexity index is 519. The van der Waals surface area contributed by atoms with E-state index in [-0.39, 0.29) is 11.8 Å². The second kappa shape index (κ2) is 7.90. The number of carbonyl (C=O) groups is 1. The molecular weight excluding hydrogens is 313 g/mol. The minimum absolute atomic E-state index is 0.0397. The van der Waals surface area contributed by atoms with Crippen LogP contribution in [0.4, 0.5) is 14.9 Å². The number of nitrogens with one attached hydrogen (secondary N) is 2. The van der Waals surface area contributed by atoms with Gasteiger partial charge < -0.3 is 15.5 Å². The van der Waals surface area contributed by atoms with Gasteiger partial charge in [-0.25, -0.2) is 9.18 Å². The number of carbonyl (C=O) groups excluding carboxylic acids is 1. The number of thioether (sulfide) groups is 1. The predicted octanol–water partition coefficient (Wildman–Crippen LogP) is 2.85. The van der Waals surface area contributed by atoms with Crippen LogP contribution in [0.3, 0.4) is 0 Å². The number of benzene rings is 1. The molecule has 2 amide bonds. The van der Waals surface area contributed by atoms with Crippen LogP contribution in [0.2, 0.25) is 0 Å². The van der Waals surface area contributed by atoms with Gasteiger partial charge in [0, 0.05) is 31.4 Å². The summed E-state index contributed by atoms with van der Waals surface area (Å²) in [5.41, 5.74) is 1.05.